The van der Waals surface area contributed by atoms with Crippen LogP contribution in [0.2, 0.25) is 0 Å². The van der Waals surface area contributed by atoms with Gasteiger partial charge in [0.1, 0.15) is 0 Å². The van der Waals surface area contributed by atoms with Crippen LogP contribution in [-0.2, 0) is 0 Å². The summed E-state index contributed by atoms with van der Waals surface area (Å²) in [5.74, 6) is -0.355. The zero-order chi connectivity index (χ0) is 16.8. The highest BCUT2D eigenvalue weighted by atomic mass is 79.9. The molecule has 0 aliphatic carbocycles. The molecule has 6 nitrogen and oxygen atoms in total. The summed E-state index contributed by atoms with van der Waals surface area (Å²) in [6, 6.07) is 10.2. The fourth-order valence-corrected chi connectivity index (χ4v) is 2.36. The number of hydrogen-bond donors (Lipinski definition) is 2. The predicted molar refractivity (Wildman–Crippen MR) is 91.8 cm³/mol. The Morgan fingerprint density at radius 1 is 1.17 bits per heavy atom. The third-order valence-corrected chi connectivity index (χ3v) is 3.69. The van der Waals surface area contributed by atoms with Crippen LogP contribution in [0.1, 0.15) is 20.9 Å². The van der Waals surface area contributed by atoms with E-state index in [4.69, 9.17) is 4.42 Å². The molecule has 0 saturated carbocycles. The molecule has 7 heteroatoms. The number of nitrogens with zero attached hydrogens (tertiary/aromatic N) is 1. The molecular formula is C16H18BrN3O3. The number of hydrogen-bond acceptors (Lipinski definition) is 4. The number of amides is 2. The summed E-state index contributed by atoms with van der Waals surface area (Å²) in [6.45, 7) is 1.18. The Morgan fingerprint density at radius 3 is 2.57 bits per heavy atom. The standard InChI is InChI=1S/C16H18BrN3O3/c1-18-9-10-19-15(21)11-5-3-4-6-12(11)20(2)16(22)13-7-8-14(17)23-13/h3-8,18H,9-10H2,1-2H3,(H,19,21). The second-order valence-electron chi connectivity index (χ2n) is 4.84. The van der Waals surface area contributed by atoms with E-state index >= 15 is 0 Å². The molecule has 1 heterocycles. The summed E-state index contributed by atoms with van der Waals surface area (Å²) in [5, 5.41) is 5.77. The number of benzene rings is 1. The minimum atomic E-state index is -0.328. The van der Waals surface area contributed by atoms with Crippen molar-refractivity contribution < 1.29 is 14.0 Å². The number of nitrogens with one attached hydrogen (secondary N) is 2. The van der Waals surface area contributed by atoms with Crippen molar-refractivity contribution in [2.24, 2.45) is 0 Å². The van der Waals surface area contributed by atoms with E-state index in [1.165, 1.54) is 4.90 Å². The Bertz CT molecular complexity index is 699. The molecule has 1 aromatic carbocycles. The van der Waals surface area contributed by atoms with Gasteiger partial charge in [-0.2, -0.15) is 0 Å². The second kappa shape index (κ2) is 7.94. The van der Waals surface area contributed by atoms with Crippen LogP contribution in [-0.4, -0.2) is 39.0 Å². The highest BCUT2D eigenvalue weighted by molar-refractivity contribution is 9.10. The number of carbonyl (C=O) groups excluding carboxylic acids is 2. The van der Waals surface area contributed by atoms with Crippen molar-refractivity contribution in [3.63, 3.8) is 0 Å². The number of halogens is 1. The lowest BCUT2D eigenvalue weighted by Crippen LogP contribution is -2.33. The van der Waals surface area contributed by atoms with Gasteiger partial charge in [0.2, 0.25) is 0 Å². The van der Waals surface area contributed by atoms with Crippen LogP contribution >= 0.6 is 15.9 Å². The fourth-order valence-electron chi connectivity index (χ4n) is 2.06. The van der Waals surface area contributed by atoms with Gasteiger partial charge in [-0.1, -0.05) is 12.1 Å². The van der Waals surface area contributed by atoms with E-state index in [0.29, 0.717) is 29.0 Å². The van der Waals surface area contributed by atoms with Crippen LogP contribution in [0.3, 0.4) is 0 Å². The van der Waals surface area contributed by atoms with Crippen molar-refractivity contribution in [2.75, 3.05) is 32.1 Å². The summed E-state index contributed by atoms with van der Waals surface area (Å²) in [7, 11) is 3.42. The zero-order valence-corrected chi connectivity index (χ0v) is 14.5. The molecule has 0 aliphatic rings. The molecule has 122 valence electrons. The van der Waals surface area contributed by atoms with E-state index in [2.05, 4.69) is 26.6 Å². The van der Waals surface area contributed by atoms with E-state index in [-0.39, 0.29) is 17.6 Å². The molecule has 0 unspecified atom stereocenters. The maximum Gasteiger partial charge on any atom is 0.293 e. The van der Waals surface area contributed by atoms with Crippen LogP contribution in [0.4, 0.5) is 5.69 Å². The van der Waals surface area contributed by atoms with Gasteiger partial charge in [-0.05, 0) is 47.2 Å². The minimum Gasteiger partial charge on any atom is -0.444 e. The molecule has 0 atom stereocenters. The van der Waals surface area contributed by atoms with Gasteiger partial charge >= 0.3 is 0 Å². The highest BCUT2D eigenvalue weighted by Crippen LogP contribution is 2.23. The molecular weight excluding hydrogens is 362 g/mol. The summed E-state index contributed by atoms with van der Waals surface area (Å²) in [4.78, 5) is 26.2. The summed E-state index contributed by atoms with van der Waals surface area (Å²) < 4.78 is 5.76. The molecule has 2 N–H and O–H groups in total. The predicted octanol–water partition coefficient (Wildman–Crippen LogP) is 2.27. The fraction of sp³-hybridized carbons (Fsp3) is 0.250. The van der Waals surface area contributed by atoms with Crippen molar-refractivity contribution in [3.05, 3.63) is 52.4 Å². The van der Waals surface area contributed by atoms with Crippen molar-refractivity contribution in [2.45, 2.75) is 0 Å². The summed E-state index contributed by atoms with van der Waals surface area (Å²) in [6.07, 6.45) is 0. The summed E-state index contributed by atoms with van der Waals surface area (Å²) in [5.41, 5.74) is 0.956. The maximum absolute atomic E-state index is 12.5. The van der Waals surface area contributed by atoms with E-state index in [1.807, 2.05) is 7.05 Å². The van der Waals surface area contributed by atoms with Crippen molar-refractivity contribution in [1.29, 1.82) is 0 Å². The van der Waals surface area contributed by atoms with Crippen LogP contribution in [0.25, 0.3) is 0 Å². The molecule has 2 aromatic rings. The molecule has 0 fully saturated rings. The number of rotatable bonds is 6. The first-order valence-corrected chi connectivity index (χ1v) is 7.89. The Hall–Kier alpha value is -2.12. The monoisotopic (exact) mass is 379 g/mol. The molecule has 0 bridgehead atoms. The molecule has 2 amide bonds. The van der Waals surface area contributed by atoms with E-state index in [1.54, 1.807) is 43.4 Å². The number of anilines is 1. The Balaban J connectivity index is 2.21. The van der Waals surface area contributed by atoms with E-state index < -0.39 is 0 Å². The van der Waals surface area contributed by atoms with E-state index in [9.17, 15) is 9.59 Å². The molecule has 0 saturated heterocycles. The topological polar surface area (TPSA) is 74.6 Å². The van der Waals surface area contributed by atoms with Gasteiger partial charge in [-0.25, -0.2) is 0 Å². The smallest absolute Gasteiger partial charge is 0.293 e. The molecule has 2 rings (SSSR count). The van der Waals surface area contributed by atoms with Gasteiger partial charge in [0.05, 0.1) is 11.3 Å². The second-order valence-corrected chi connectivity index (χ2v) is 5.63. The van der Waals surface area contributed by atoms with Crippen molar-refractivity contribution >= 4 is 33.4 Å². The quantitative estimate of drug-likeness (QED) is 0.754. The van der Waals surface area contributed by atoms with Gasteiger partial charge in [0.25, 0.3) is 11.8 Å². The van der Waals surface area contributed by atoms with Gasteiger partial charge in [0, 0.05) is 20.1 Å². The Labute approximate surface area is 143 Å². The number of para-hydroxylation sites is 1. The summed E-state index contributed by atoms with van der Waals surface area (Å²) >= 11 is 3.17. The molecule has 0 radical (unpaired) electrons. The number of likely N-dealkylation sites (N-methyl/N-ethyl adjacent to an activating group) is 1. The minimum absolute atomic E-state index is 0.199. The lowest BCUT2D eigenvalue weighted by Gasteiger charge is -2.19. The van der Waals surface area contributed by atoms with Crippen LogP contribution in [0.5, 0.6) is 0 Å². The van der Waals surface area contributed by atoms with Gasteiger partial charge in [-0.15, -0.1) is 0 Å². The SMILES string of the molecule is CNCCNC(=O)c1ccccc1N(C)C(=O)c1ccc(Br)o1. The normalized spacial score (nSPS) is 10.4. The van der Waals surface area contributed by atoms with E-state index in [0.717, 1.165) is 0 Å². The van der Waals surface area contributed by atoms with Gasteiger partial charge in [0.15, 0.2) is 10.4 Å². The third kappa shape index (κ3) is 4.20. The van der Waals surface area contributed by atoms with Crippen molar-refractivity contribution in [3.8, 4) is 0 Å². The highest BCUT2D eigenvalue weighted by Gasteiger charge is 2.21. The molecule has 0 aliphatic heterocycles. The molecule has 1 aromatic heterocycles. The lowest BCUT2D eigenvalue weighted by atomic mass is 10.1. The van der Waals surface area contributed by atoms with Crippen LogP contribution < -0.4 is 15.5 Å². The third-order valence-electron chi connectivity index (χ3n) is 3.26. The first kappa shape index (κ1) is 17.2. The Kier molecular flexibility index (Phi) is 5.95. The lowest BCUT2D eigenvalue weighted by molar-refractivity contribution is 0.0954. The molecule has 23 heavy (non-hydrogen) atoms. The Morgan fingerprint density at radius 2 is 1.91 bits per heavy atom. The zero-order valence-electron chi connectivity index (χ0n) is 12.9. The van der Waals surface area contributed by atoms with Crippen molar-refractivity contribution in [1.82, 2.24) is 10.6 Å². The van der Waals surface area contributed by atoms with Crippen LogP contribution in [0.15, 0.2) is 45.5 Å². The first-order valence-electron chi connectivity index (χ1n) is 7.10. The number of furan rings is 1. The largest absolute Gasteiger partial charge is 0.444 e. The van der Waals surface area contributed by atoms with Gasteiger partial charge in [-0.3, -0.25) is 9.59 Å². The number of carbonyl (C=O) groups is 2. The van der Waals surface area contributed by atoms with Gasteiger partial charge < -0.3 is 20.0 Å². The first-order chi connectivity index (χ1) is 11.0. The van der Waals surface area contributed by atoms with Crippen LogP contribution in [0, 0.1) is 0 Å². The molecule has 0 spiro atoms. The maximum atomic E-state index is 12.5. The average Bonchev–Trinajstić information content (AvgIpc) is 3.00. The average molecular weight is 380 g/mol.